The highest BCUT2D eigenvalue weighted by atomic mass is 19.1. The summed E-state index contributed by atoms with van der Waals surface area (Å²) in [6.07, 6.45) is 3.79. The standard InChI is InChI=1S/C34H33FN4O5/c1-19-4-13-26(37-16-19)24-12-7-21(14-27(24)44-23-10-11-23)31(40)38-17-34(3,42)28-15-25-30(43-18-33(25,2)32(36)41)29(39-28)20-5-8-22(35)9-6-20/h4-9,12-16,23,42H,10-11,17-18H2,1-3H3,(H2,36,41)(H,38,40)/t33-,34-/m0/s1. The Kier molecular flexibility index (Phi) is 7.33. The number of nitrogens with one attached hydrogen (secondary N) is 1. The molecular formula is C34H33FN4O5. The van der Waals surface area contributed by atoms with E-state index < -0.39 is 28.6 Å². The van der Waals surface area contributed by atoms with Crippen LogP contribution in [-0.4, -0.2) is 46.1 Å². The number of fused-ring (bicyclic) bond motifs is 1. The van der Waals surface area contributed by atoms with Crippen LogP contribution >= 0.6 is 0 Å². The fourth-order valence-corrected chi connectivity index (χ4v) is 5.08. The van der Waals surface area contributed by atoms with E-state index in [2.05, 4.69) is 15.3 Å². The minimum absolute atomic E-state index is 0.00472. The first-order valence-corrected chi connectivity index (χ1v) is 14.4. The molecule has 2 aromatic carbocycles. The van der Waals surface area contributed by atoms with Crippen LogP contribution in [0.5, 0.6) is 11.5 Å². The van der Waals surface area contributed by atoms with E-state index in [0.29, 0.717) is 33.9 Å². The Morgan fingerprint density at radius 3 is 2.57 bits per heavy atom. The molecule has 0 unspecified atom stereocenters. The molecule has 1 fully saturated rings. The predicted molar refractivity (Wildman–Crippen MR) is 162 cm³/mol. The van der Waals surface area contributed by atoms with Gasteiger partial charge >= 0.3 is 0 Å². The monoisotopic (exact) mass is 596 g/mol. The van der Waals surface area contributed by atoms with E-state index in [1.165, 1.54) is 19.1 Å². The van der Waals surface area contributed by atoms with E-state index in [-0.39, 0.29) is 24.9 Å². The number of nitrogens with two attached hydrogens (primary N) is 1. The molecule has 6 rings (SSSR count). The largest absolute Gasteiger partial charge is 0.490 e. The molecule has 0 spiro atoms. The van der Waals surface area contributed by atoms with E-state index in [1.807, 2.05) is 25.1 Å². The van der Waals surface area contributed by atoms with Crippen LogP contribution in [0.25, 0.3) is 22.5 Å². The van der Waals surface area contributed by atoms with Crippen molar-refractivity contribution in [2.75, 3.05) is 13.2 Å². The van der Waals surface area contributed by atoms with E-state index >= 15 is 0 Å². The Bertz CT molecular complexity index is 1750. The molecule has 1 aliphatic carbocycles. The maximum Gasteiger partial charge on any atom is 0.251 e. The smallest absolute Gasteiger partial charge is 0.251 e. The molecule has 0 bridgehead atoms. The van der Waals surface area contributed by atoms with Crippen molar-refractivity contribution in [2.45, 2.75) is 50.7 Å². The van der Waals surface area contributed by atoms with Gasteiger partial charge in [-0.05, 0) is 93.8 Å². The van der Waals surface area contributed by atoms with Crippen LogP contribution < -0.4 is 20.5 Å². The molecule has 9 nitrogen and oxygen atoms in total. The van der Waals surface area contributed by atoms with Crippen LogP contribution in [0.4, 0.5) is 4.39 Å². The third-order valence-corrected chi connectivity index (χ3v) is 8.13. The zero-order chi connectivity index (χ0) is 31.2. The van der Waals surface area contributed by atoms with Gasteiger partial charge in [0, 0.05) is 28.5 Å². The molecule has 3 heterocycles. The molecule has 226 valence electrons. The fraction of sp³-hybridized carbons (Fsp3) is 0.294. The van der Waals surface area contributed by atoms with Gasteiger partial charge in [0.1, 0.15) is 40.6 Å². The molecule has 2 atom stereocenters. The second kappa shape index (κ2) is 11.0. The number of rotatable bonds is 9. The average molecular weight is 597 g/mol. The summed E-state index contributed by atoms with van der Waals surface area (Å²) >= 11 is 0. The van der Waals surface area contributed by atoms with Crippen LogP contribution in [0.1, 0.15) is 53.9 Å². The summed E-state index contributed by atoms with van der Waals surface area (Å²) in [6.45, 7) is 4.94. The molecule has 4 aromatic rings. The van der Waals surface area contributed by atoms with Crippen molar-refractivity contribution < 1.29 is 28.6 Å². The zero-order valence-corrected chi connectivity index (χ0v) is 24.7. The Morgan fingerprint density at radius 2 is 1.91 bits per heavy atom. The van der Waals surface area contributed by atoms with Crippen LogP contribution in [0.2, 0.25) is 0 Å². The number of halogens is 1. The fourth-order valence-electron chi connectivity index (χ4n) is 5.08. The Labute approximate surface area is 254 Å². The summed E-state index contributed by atoms with van der Waals surface area (Å²) in [7, 11) is 0. The van der Waals surface area contributed by atoms with Crippen LogP contribution in [0, 0.1) is 12.7 Å². The molecule has 1 aliphatic heterocycles. The van der Waals surface area contributed by atoms with Gasteiger partial charge < -0.3 is 25.6 Å². The number of hydrogen-bond acceptors (Lipinski definition) is 7. The number of aliphatic hydroxyl groups is 1. The average Bonchev–Trinajstić information content (AvgIpc) is 3.76. The first-order chi connectivity index (χ1) is 20.9. The summed E-state index contributed by atoms with van der Waals surface area (Å²) in [4.78, 5) is 35.0. The second-order valence-corrected chi connectivity index (χ2v) is 11.9. The lowest BCUT2D eigenvalue weighted by Gasteiger charge is -2.26. The number of aryl methyl sites for hydroxylation is 1. The maximum absolute atomic E-state index is 13.7. The summed E-state index contributed by atoms with van der Waals surface area (Å²) in [5, 5.41) is 14.4. The highest BCUT2D eigenvalue weighted by Crippen LogP contribution is 2.45. The molecule has 4 N–H and O–H groups in total. The maximum atomic E-state index is 13.7. The quantitative estimate of drug-likeness (QED) is 0.257. The molecule has 10 heteroatoms. The molecule has 2 aromatic heterocycles. The number of benzene rings is 2. The number of pyridine rings is 2. The van der Waals surface area contributed by atoms with Gasteiger partial charge in [-0.2, -0.15) is 0 Å². The van der Waals surface area contributed by atoms with Crippen molar-refractivity contribution in [3.8, 4) is 34.0 Å². The molecule has 44 heavy (non-hydrogen) atoms. The SMILES string of the molecule is Cc1ccc(-c2ccc(C(=O)NC[C@](C)(O)c3cc4c(c(-c5ccc(F)cc5)n3)OC[C@]4(C)C(N)=O)cc2OC2CC2)nc1. The third kappa shape index (κ3) is 5.60. The molecule has 0 saturated heterocycles. The van der Waals surface area contributed by atoms with E-state index in [9.17, 15) is 19.1 Å². The number of hydrogen-bond donors (Lipinski definition) is 3. The van der Waals surface area contributed by atoms with Gasteiger partial charge in [0.25, 0.3) is 5.91 Å². The number of ether oxygens (including phenoxy) is 2. The van der Waals surface area contributed by atoms with Gasteiger partial charge in [-0.1, -0.05) is 6.07 Å². The van der Waals surface area contributed by atoms with Crippen molar-refractivity contribution in [2.24, 2.45) is 5.73 Å². The number of carbonyl (C=O) groups is 2. The number of amides is 2. The first kappa shape index (κ1) is 29.3. The van der Waals surface area contributed by atoms with Crippen molar-refractivity contribution in [1.29, 1.82) is 0 Å². The van der Waals surface area contributed by atoms with E-state index in [1.54, 1.807) is 43.5 Å². The zero-order valence-electron chi connectivity index (χ0n) is 24.7. The molecule has 1 saturated carbocycles. The van der Waals surface area contributed by atoms with Crippen molar-refractivity contribution in [1.82, 2.24) is 15.3 Å². The normalized spacial score (nSPS) is 18.6. The number of primary amides is 1. The highest BCUT2D eigenvalue weighted by molar-refractivity contribution is 5.95. The predicted octanol–water partition coefficient (Wildman–Crippen LogP) is 4.57. The minimum atomic E-state index is -1.67. The second-order valence-electron chi connectivity index (χ2n) is 11.9. The van der Waals surface area contributed by atoms with Crippen LogP contribution in [0.15, 0.2) is 66.9 Å². The molecule has 2 amide bonds. The lowest BCUT2D eigenvalue weighted by atomic mass is 9.82. The Balaban J connectivity index is 1.29. The highest BCUT2D eigenvalue weighted by Gasteiger charge is 2.45. The van der Waals surface area contributed by atoms with Gasteiger partial charge in [-0.3, -0.25) is 14.6 Å². The van der Waals surface area contributed by atoms with E-state index in [0.717, 1.165) is 29.7 Å². The molecule has 2 aliphatic rings. The lowest BCUT2D eigenvalue weighted by molar-refractivity contribution is -0.123. The first-order valence-electron chi connectivity index (χ1n) is 14.4. The Hall–Kier alpha value is -4.83. The number of aromatic nitrogens is 2. The third-order valence-electron chi connectivity index (χ3n) is 8.13. The minimum Gasteiger partial charge on any atom is -0.490 e. The van der Waals surface area contributed by atoms with Gasteiger partial charge in [0.15, 0.2) is 0 Å². The number of carbonyl (C=O) groups excluding carboxylic acids is 2. The van der Waals surface area contributed by atoms with Crippen LogP contribution in [0.3, 0.4) is 0 Å². The van der Waals surface area contributed by atoms with Crippen molar-refractivity contribution in [3.63, 3.8) is 0 Å². The van der Waals surface area contributed by atoms with Crippen molar-refractivity contribution in [3.05, 3.63) is 95.1 Å². The van der Waals surface area contributed by atoms with Gasteiger partial charge in [0.05, 0.1) is 24.0 Å². The topological polar surface area (TPSA) is 137 Å². The van der Waals surface area contributed by atoms with Gasteiger partial charge in [-0.15, -0.1) is 0 Å². The summed E-state index contributed by atoms with van der Waals surface area (Å²) < 4.78 is 25.7. The van der Waals surface area contributed by atoms with Crippen molar-refractivity contribution >= 4 is 11.8 Å². The number of nitrogens with zero attached hydrogens (tertiary/aromatic N) is 2. The van der Waals surface area contributed by atoms with Crippen LogP contribution in [-0.2, 0) is 15.8 Å². The van der Waals surface area contributed by atoms with Gasteiger partial charge in [0.2, 0.25) is 5.91 Å². The summed E-state index contributed by atoms with van der Waals surface area (Å²) in [5.41, 5.74) is 7.35. The molecule has 0 radical (unpaired) electrons. The molecular weight excluding hydrogens is 563 g/mol. The van der Waals surface area contributed by atoms with E-state index in [4.69, 9.17) is 15.2 Å². The summed E-state index contributed by atoms with van der Waals surface area (Å²) in [6, 6.07) is 16.3. The van der Waals surface area contributed by atoms with Gasteiger partial charge in [-0.25, -0.2) is 9.37 Å². The lowest BCUT2D eigenvalue weighted by Crippen LogP contribution is -2.41. The Morgan fingerprint density at radius 1 is 1.16 bits per heavy atom. The summed E-state index contributed by atoms with van der Waals surface area (Å²) in [5.74, 6) is -0.529.